The van der Waals surface area contributed by atoms with E-state index in [4.69, 9.17) is 9.47 Å². The molecule has 120 valence electrons. The number of ether oxygens (including phenoxy) is 2. The van der Waals surface area contributed by atoms with Crippen LogP contribution in [0.2, 0.25) is 0 Å². The molecule has 3 aliphatic rings. The topological polar surface area (TPSA) is 117 Å². The summed E-state index contributed by atoms with van der Waals surface area (Å²) in [5.41, 5.74) is 0. The summed E-state index contributed by atoms with van der Waals surface area (Å²) in [6.45, 7) is 0.395. The maximum absolute atomic E-state index is 12.0. The second-order valence-electron chi connectivity index (χ2n) is 4.96. The van der Waals surface area contributed by atoms with E-state index in [1.807, 2.05) is 5.32 Å². The van der Waals surface area contributed by atoms with Crippen molar-refractivity contribution in [3.63, 3.8) is 0 Å². The highest BCUT2D eigenvalue weighted by atomic mass is 35.5. The molecule has 1 amide bonds. The van der Waals surface area contributed by atoms with Gasteiger partial charge < -0.3 is 37.4 Å². The number of quaternary nitrogens is 1. The highest BCUT2D eigenvalue weighted by Gasteiger charge is 2.50. The fourth-order valence-electron chi connectivity index (χ4n) is 2.71. The van der Waals surface area contributed by atoms with Crippen molar-refractivity contribution in [2.24, 2.45) is 0 Å². The predicted octanol–water partition coefficient (Wildman–Crippen LogP) is -5.51. The van der Waals surface area contributed by atoms with Gasteiger partial charge in [0.1, 0.15) is 18.1 Å². The first-order chi connectivity index (χ1) is 9.65. The van der Waals surface area contributed by atoms with Crippen LogP contribution in [0.5, 0.6) is 0 Å². The molecule has 3 aliphatic heterocycles. The summed E-state index contributed by atoms with van der Waals surface area (Å²) in [4.78, 5) is 26.9. The van der Waals surface area contributed by atoms with Gasteiger partial charge in [-0.05, 0) is 0 Å². The molecule has 3 fully saturated rings. The maximum Gasteiger partial charge on any atom is 0.294 e. The van der Waals surface area contributed by atoms with Crippen LogP contribution in [0.3, 0.4) is 0 Å². The highest BCUT2D eigenvalue weighted by Crippen LogP contribution is 2.29. The van der Waals surface area contributed by atoms with Gasteiger partial charge in [0.25, 0.3) is 11.0 Å². The average molecular weight is 342 g/mol. The number of nitrogens with two attached hydrogens (primary N) is 1. The van der Waals surface area contributed by atoms with Crippen molar-refractivity contribution in [3.05, 3.63) is 10.1 Å². The third kappa shape index (κ3) is 3.51. The van der Waals surface area contributed by atoms with Crippen molar-refractivity contribution in [2.45, 2.75) is 30.4 Å². The van der Waals surface area contributed by atoms with Gasteiger partial charge in [0.15, 0.2) is 12.1 Å². The van der Waals surface area contributed by atoms with E-state index >= 15 is 0 Å². The molecular formula is C10H16ClN3O6S. The minimum Gasteiger partial charge on any atom is -1.00 e. The van der Waals surface area contributed by atoms with Crippen LogP contribution in [0.4, 0.5) is 0 Å². The van der Waals surface area contributed by atoms with E-state index in [-0.39, 0.29) is 43.1 Å². The number of nitrogens with zero attached hydrogens (tertiary/aromatic N) is 1. The van der Waals surface area contributed by atoms with Gasteiger partial charge in [-0.25, -0.2) is 0 Å². The molecule has 5 atom stereocenters. The second-order valence-corrected chi connectivity index (χ2v) is 6.03. The highest BCUT2D eigenvalue weighted by molar-refractivity contribution is 7.99. The lowest BCUT2D eigenvalue weighted by Gasteiger charge is -2.18. The van der Waals surface area contributed by atoms with Crippen LogP contribution in [-0.4, -0.2) is 66.2 Å². The van der Waals surface area contributed by atoms with Crippen molar-refractivity contribution in [1.82, 2.24) is 5.32 Å². The van der Waals surface area contributed by atoms with Gasteiger partial charge >= 0.3 is 0 Å². The molecule has 3 rings (SSSR count). The molecule has 0 bridgehead atoms. The van der Waals surface area contributed by atoms with Gasteiger partial charge in [-0.15, -0.1) is 10.1 Å². The molecule has 0 saturated carbocycles. The van der Waals surface area contributed by atoms with E-state index < -0.39 is 17.3 Å². The van der Waals surface area contributed by atoms with Crippen LogP contribution in [0.15, 0.2) is 0 Å². The Morgan fingerprint density at radius 1 is 1.38 bits per heavy atom. The minimum atomic E-state index is -0.837. The number of amides is 1. The Morgan fingerprint density at radius 2 is 2.14 bits per heavy atom. The van der Waals surface area contributed by atoms with Gasteiger partial charge in [0.2, 0.25) is 0 Å². The first kappa shape index (κ1) is 16.6. The van der Waals surface area contributed by atoms with Crippen molar-refractivity contribution >= 4 is 17.7 Å². The van der Waals surface area contributed by atoms with Crippen LogP contribution in [0, 0.1) is 10.1 Å². The molecule has 0 unspecified atom stereocenters. The summed E-state index contributed by atoms with van der Waals surface area (Å²) in [5, 5.41) is 14.4. The lowest BCUT2D eigenvalue weighted by Crippen LogP contribution is -3.00. The first-order valence-corrected chi connectivity index (χ1v) is 7.56. The molecule has 0 aromatic rings. The number of hydrogen-bond acceptors (Lipinski definition) is 7. The average Bonchev–Trinajstić information content (AvgIpc) is 3.09. The van der Waals surface area contributed by atoms with E-state index in [9.17, 15) is 14.9 Å². The summed E-state index contributed by atoms with van der Waals surface area (Å²) in [7, 11) is 0. The normalized spacial score (nSPS) is 37.6. The van der Waals surface area contributed by atoms with Gasteiger partial charge in [0, 0.05) is 0 Å². The molecule has 3 saturated heterocycles. The second kappa shape index (κ2) is 6.97. The van der Waals surface area contributed by atoms with E-state index in [2.05, 4.69) is 10.2 Å². The molecule has 0 spiro atoms. The molecule has 0 aromatic carbocycles. The number of hydrogen-bond donors (Lipinski definition) is 2. The standard InChI is InChI=1S/C10H15N3O6S.ClH/c14-10(6-3-20-4-11-6)12-5-1-17-9-7(19-13(15)16)2-18-8(5)9;/h5-9,11H,1-4H2,(H,12,14);1H/t5-,6-,7+,8+,9+;/m0./s1. The van der Waals surface area contributed by atoms with E-state index in [0.29, 0.717) is 6.61 Å². The molecule has 0 aliphatic carbocycles. The van der Waals surface area contributed by atoms with Gasteiger partial charge in [0.05, 0.1) is 25.0 Å². The van der Waals surface area contributed by atoms with Crippen LogP contribution < -0.4 is 23.0 Å². The zero-order valence-electron chi connectivity index (χ0n) is 11.0. The monoisotopic (exact) mass is 341 g/mol. The quantitative estimate of drug-likeness (QED) is 0.387. The summed E-state index contributed by atoms with van der Waals surface area (Å²) in [6.07, 6.45) is -1.59. The number of carbonyl (C=O) groups excluding carboxylic acids is 1. The fraction of sp³-hybridized carbons (Fsp3) is 0.900. The molecule has 11 heteroatoms. The van der Waals surface area contributed by atoms with Gasteiger partial charge in [-0.1, -0.05) is 11.8 Å². The largest absolute Gasteiger partial charge is 1.00 e. The predicted molar refractivity (Wildman–Crippen MR) is 66.3 cm³/mol. The number of thioether (sulfide) groups is 1. The first-order valence-electron chi connectivity index (χ1n) is 6.41. The third-order valence-corrected chi connectivity index (χ3v) is 4.71. The number of rotatable bonds is 4. The van der Waals surface area contributed by atoms with Crippen molar-refractivity contribution in [2.75, 3.05) is 24.8 Å². The Bertz CT molecular complexity index is 410. The molecule has 0 radical (unpaired) electrons. The van der Waals surface area contributed by atoms with E-state index in [1.54, 1.807) is 11.8 Å². The van der Waals surface area contributed by atoms with Crippen molar-refractivity contribution in [1.29, 1.82) is 0 Å². The lowest BCUT2D eigenvalue weighted by atomic mass is 10.1. The molecule has 3 heterocycles. The summed E-state index contributed by atoms with van der Waals surface area (Å²) in [6, 6.07) is -0.349. The maximum atomic E-state index is 12.0. The van der Waals surface area contributed by atoms with Crippen molar-refractivity contribution < 1.29 is 41.9 Å². The van der Waals surface area contributed by atoms with Crippen LogP contribution in [0.1, 0.15) is 0 Å². The Hall–Kier alpha value is -0.810. The number of halogens is 1. The zero-order valence-corrected chi connectivity index (χ0v) is 12.5. The lowest BCUT2D eigenvalue weighted by molar-refractivity contribution is -0.769. The molecule has 21 heavy (non-hydrogen) atoms. The molecule has 9 nitrogen and oxygen atoms in total. The third-order valence-electron chi connectivity index (χ3n) is 3.69. The summed E-state index contributed by atoms with van der Waals surface area (Å²) >= 11 is 1.72. The smallest absolute Gasteiger partial charge is 0.294 e. The fourth-order valence-corrected chi connectivity index (χ4v) is 3.75. The van der Waals surface area contributed by atoms with Gasteiger partial charge in [-0.3, -0.25) is 4.79 Å². The summed E-state index contributed by atoms with van der Waals surface area (Å²) in [5.74, 6) is 1.65. The Balaban J connectivity index is 0.00000161. The Morgan fingerprint density at radius 3 is 2.81 bits per heavy atom. The van der Waals surface area contributed by atoms with Gasteiger partial charge in [-0.2, -0.15) is 0 Å². The zero-order chi connectivity index (χ0) is 14.1. The molecular weight excluding hydrogens is 326 g/mol. The van der Waals surface area contributed by atoms with Crippen molar-refractivity contribution in [3.8, 4) is 0 Å². The SMILES string of the molecule is O=C(N[C@H]1CO[C@H]2[C@@H]1OC[C@H]2O[N+](=O)[O-])[C@@H]1CSC[NH2+]1.[Cl-]. The van der Waals surface area contributed by atoms with Crippen LogP contribution in [0.25, 0.3) is 0 Å². The van der Waals surface area contributed by atoms with E-state index in [0.717, 1.165) is 11.6 Å². The Kier molecular flexibility index (Phi) is 5.49. The summed E-state index contributed by atoms with van der Waals surface area (Å²) < 4.78 is 11.0. The van der Waals surface area contributed by atoms with Crippen LogP contribution >= 0.6 is 11.8 Å². The minimum absolute atomic E-state index is 0. The Labute approximate surface area is 130 Å². The van der Waals surface area contributed by atoms with Crippen LogP contribution in [-0.2, 0) is 19.1 Å². The number of nitrogens with one attached hydrogen (secondary N) is 1. The molecule has 0 aromatic heterocycles. The number of carbonyl (C=O) groups is 1. The molecule has 3 N–H and O–H groups in total. The number of fused-ring (bicyclic) bond motifs is 1. The van der Waals surface area contributed by atoms with E-state index in [1.165, 1.54) is 0 Å².